The first-order valence-corrected chi connectivity index (χ1v) is 12.3. The van der Waals surface area contributed by atoms with E-state index in [0.29, 0.717) is 12.8 Å². The molecule has 1 aliphatic carbocycles. The maximum atomic E-state index is 14.4. The van der Waals surface area contributed by atoms with Crippen LogP contribution >= 0.6 is 0 Å². The number of halogens is 4. The number of rotatable bonds is 6. The Morgan fingerprint density at radius 3 is 2.50 bits per heavy atom. The highest BCUT2D eigenvalue weighted by Crippen LogP contribution is 2.46. The zero-order chi connectivity index (χ0) is 26.5. The second-order valence-corrected chi connectivity index (χ2v) is 10.5. The largest absolute Gasteiger partial charge is 0.435 e. The highest BCUT2D eigenvalue weighted by Gasteiger charge is 2.45. The predicted octanol–water partition coefficient (Wildman–Crippen LogP) is 4.40. The molecule has 1 unspecified atom stereocenters. The molecule has 1 fully saturated rings. The van der Waals surface area contributed by atoms with Crippen molar-refractivity contribution in [2.24, 2.45) is 0 Å². The second-order valence-electron chi connectivity index (χ2n) is 8.30. The summed E-state index contributed by atoms with van der Waals surface area (Å²) in [4.78, 5) is 16.7. The number of ether oxygens (including phenoxy) is 1. The van der Waals surface area contributed by atoms with E-state index >= 15 is 0 Å². The zero-order valence-corrected chi connectivity index (χ0v) is 19.6. The van der Waals surface area contributed by atoms with E-state index in [2.05, 4.69) is 20.5 Å². The number of nitrogens with zero attached hydrogens (tertiary/aromatic N) is 3. The van der Waals surface area contributed by atoms with Gasteiger partial charge in [-0.25, -0.2) is 8.99 Å². The van der Waals surface area contributed by atoms with Crippen molar-refractivity contribution in [3.63, 3.8) is 0 Å². The SMILES string of the molecule is Cc1c(C(F)(F)F)nnc(Oc2ccc(C3(O)CC3)c(F)n2)c1C(=O)Nc1cccc(S(C)(=N)=O)c1. The number of carbonyl (C=O) groups excluding carboxylic acids is 1. The Bertz CT molecular complexity index is 1470. The van der Waals surface area contributed by atoms with Gasteiger partial charge in [0.2, 0.25) is 11.8 Å². The summed E-state index contributed by atoms with van der Waals surface area (Å²) in [6.45, 7) is 0.998. The van der Waals surface area contributed by atoms with Crippen molar-refractivity contribution in [3.05, 3.63) is 64.7 Å². The Kier molecular flexibility index (Phi) is 6.21. The van der Waals surface area contributed by atoms with Crippen molar-refractivity contribution >= 4 is 21.3 Å². The molecule has 2 heterocycles. The van der Waals surface area contributed by atoms with E-state index in [4.69, 9.17) is 9.52 Å². The molecule has 0 saturated heterocycles. The van der Waals surface area contributed by atoms with Crippen molar-refractivity contribution in [1.29, 1.82) is 4.78 Å². The lowest BCUT2D eigenvalue weighted by Crippen LogP contribution is -2.21. The van der Waals surface area contributed by atoms with Gasteiger partial charge in [-0.3, -0.25) is 4.79 Å². The summed E-state index contributed by atoms with van der Waals surface area (Å²) in [5.74, 6) is -3.20. The van der Waals surface area contributed by atoms with Crippen LogP contribution < -0.4 is 10.1 Å². The van der Waals surface area contributed by atoms with Crippen LogP contribution in [-0.2, 0) is 21.5 Å². The number of hydrogen-bond donors (Lipinski definition) is 3. The van der Waals surface area contributed by atoms with Crippen molar-refractivity contribution in [2.45, 2.75) is 36.4 Å². The molecule has 3 N–H and O–H groups in total. The fourth-order valence-electron chi connectivity index (χ4n) is 3.43. The van der Waals surface area contributed by atoms with E-state index in [1.165, 1.54) is 42.7 Å². The lowest BCUT2D eigenvalue weighted by atomic mass is 10.1. The van der Waals surface area contributed by atoms with Gasteiger partial charge < -0.3 is 15.2 Å². The van der Waals surface area contributed by atoms with Gasteiger partial charge in [0.25, 0.3) is 11.8 Å². The van der Waals surface area contributed by atoms with Gasteiger partial charge in [-0.1, -0.05) is 6.07 Å². The molecule has 0 aliphatic heterocycles. The number of anilines is 1. The van der Waals surface area contributed by atoms with E-state index in [1.807, 2.05) is 0 Å². The molecule has 1 aliphatic rings. The smallest absolute Gasteiger partial charge is 0.418 e. The number of pyridine rings is 1. The zero-order valence-electron chi connectivity index (χ0n) is 18.8. The van der Waals surface area contributed by atoms with Crippen LogP contribution in [-0.4, -0.2) is 36.7 Å². The monoisotopic (exact) mass is 525 g/mol. The Balaban J connectivity index is 1.73. The number of carbonyl (C=O) groups is 1. The summed E-state index contributed by atoms with van der Waals surface area (Å²) in [7, 11) is -3.13. The van der Waals surface area contributed by atoms with Crippen LogP contribution in [0.5, 0.6) is 11.8 Å². The fourth-order valence-corrected chi connectivity index (χ4v) is 4.12. The molecule has 0 radical (unpaired) electrons. The first-order chi connectivity index (χ1) is 16.7. The number of aliphatic hydroxyl groups is 1. The molecular weight excluding hydrogens is 506 g/mol. The summed E-state index contributed by atoms with van der Waals surface area (Å²) in [6.07, 6.45) is -3.05. The maximum Gasteiger partial charge on any atom is 0.435 e. The highest BCUT2D eigenvalue weighted by atomic mass is 32.2. The van der Waals surface area contributed by atoms with Crippen LogP contribution in [0.15, 0.2) is 41.3 Å². The van der Waals surface area contributed by atoms with Gasteiger partial charge in [-0.05, 0) is 49.6 Å². The average Bonchev–Trinajstić information content (AvgIpc) is 3.50. The minimum absolute atomic E-state index is 0.0516. The molecule has 36 heavy (non-hydrogen) atoms. The van der Waals surface area contributed by atoms with Crippen molar-refractivity contribution in [2.75, 3.05) is 11.6 Å². The van der Waals surface area contributed by atoms with Crippen LogP contribution in [0.2, 0.25) is 0 Å². The third kappa shape index (κ3) is 5.14. The number of aromatic nitrogens is 3. The van der Waals surface area contributed by atoms with Crippen LogP contribution in [0.25, 0.3) is 0 Å². The molecule has 1 saturated carbocycles. The minimum atomic E-state index is -4.94. The van der Waals surface area contributed by atoms with Crippen LogP contribution in [0.3, 0.4) is 0 Å². The summed E-state index contributed by atoms with van der Waals surface area (Å²) in [5, 5.41) is 19.0. The molecule has 14 heteroatoms. The Hall–Kier alpha value is -3.65. The first kappa shape index (κ1) is 25.4. The molecule has 2 aromatic heterocycles. The number of alkyl halides is 3. The minimum Gasteiger partial charge on any atom is -0.418 e. The molecule has 1 amide bonds. The fraction of sp³-hybridized carbons (Fsp3) is 0.273. The molecule has 190 valence electrons. The van der Waals surface area contributed by atoms with Gasteiger partial charge in [-0.15, -0.1) is 10.2 Å². The number of benzene rings is 1. The van der Waals surface area contributed by atoms with Crippen molar-refractivity contribution < 1.29 is 36.4 Å². The van der Waals surface area contributed by atoms with Crippen LogP contribution in [0, 0.1) is 17.7 Å². The average molecular weight is 525 g/mol. The predicted molar refractivity (Wildman–Crippen MR) is 119 cm³/mol. The van der Waals surface area contributed by atoms with E-state index in [0.717, 1.165) is 6.92 Å². The van der Waals surface area contributed by atoms with E-state index in [9.17, 15) is 31.7 Å². The van der Waals surface area contributed by atoms with Gasteiger partial charge in [0, 0.05) is 28.5 Å². The standard InChI is InChI=1S/C22H19F4N5O4S/c1-11-16(19(32)28-12-4-3-5-13(10-12)36(2,27)34)20(31-30-17(11)22(24,25)26)35-15-7-6-14(18(23)29-15)21(33)8-9-21/h3-7,10,27,33H,8-9H2,1-2H3,(H,28,32). The summed E-state index contributed by atoms with van der Waals surface area (Å²) < 4.78 is 79.9. The Morgan fingerprint density at radius 1 is 1.22 bits per heavy atom. The molecular formula is C22H19F4N5O4S. The Labute approximate surface area is 202 Å². The van der Waals surface area contributed by atoms with E-state index in [-0.39, 0.29) is 16.1 Å². The van der Waals surface area contributed by atoms with Gasteiger partial charge in [-0.2, -0.15) is 22.5 Å². The van der Waals surface area contributed by atoms with Crippen LogP contribution in [0.1, 0.15) is 40.0 Å². The van der Waals surface area contributed by atoms with Crippen molar-refractivity contribution in [3.8, 4) is 11.8 Å². The summed E-state index contributed by atoms with van der Waals surface area (Å²) >= 11 is 0. The molecule has 1 atom stereocenters. The number of nitrogens with one attached hydrogen (secondary N) is 2. The third-order valence-corrected chi connectivity index (χ3v) is 6.63. The molecule has 1 aromatic carbocycles. The second kappa shape index (κ2) is 8.78. The van der Waals surface area contributed by atoms with Crippen molar-refractivity contribution in [1.82, 2.24) is 15.2 Å². The van der Waals surface area contributed by atoms with E-state index < -0.39 is 61.9 Å². The quantitative estimate of drug-likeness (QED) is 0.320. The lowest BCUT2D eigenvalue weighted by Gasteiger charge is -2.16. The van der Waals surface area contributed by atoms with Gasteiger partial charge >= 0.3 is 6.18 Å². The van der Waals surface area contributed by atoms with Gasteiger partial charge in [0.05, 0.1) is 15.3 Å². The summed E-state index contributed by atoms with van der Waals surface area (Å²) in [6, 6.07) is 7.87. The maximum absolute atomic E-state index is 14.4. The Morgan fingerprint density at radius 2 is 1.92 bits per heavy atom. The molecule has 9 nitrogen and oxygen atoms in total. The molecule has 3 aromatic rings. The number of amides is 1. The van der Waals surface area contributed by atoms with E-state index in [1.54, 1.807) is 0 Å². The molecule has 0 bridgehead atoms. The third-order valence-electron chi connectivity index (χ3n) is 5.47. The topological polar surface area (TPSA) is 138 Å². The number of hydrogen-bond acceptors (Lipinski definition) is 8. The lowest BCUT2D eigenvalue weighted by molar-refractivity contribution is -0.142. The first-order valence-electron chi connectivity index (χ1n) is 10.4. The molecule has 4 rings (SSSR count). The normalized spacial score (nSPS) is 16.2. The summed E-state index contributed by atoms with van der Waals surface area (Å²) in [5.41, 5.74) is -3.99. The highest BCUT2D eigenvalue weighted by molar-refractivity contribution is 7.91. The van der Waals surface area contributed by atoms with Gasteiger partial charge in [0.15, 0.2) is 5.69 Å². The molecule has 0 spiro atoms. The van der Waals surface area contributed by atoms with Gasteiger partial charge in [0.1, 0.15) is 5.56 Å². The van der Waals surface area contributed by atoms with Crippen LogP contribution in [0.4, 0.5) is 23.2 Å².